The predicted octanol–water partition coefficient (Wildman–Crippen LogP) is 7.11. The fraction of sp³-hybridized carbons (Fsp3) is 0.375. The molecule has 1 saturated carbocycles. The number of amides is 2. The van der Waals surface area contributed by atoms with E-state index in [0.29, 0.717) is 22.0 Å². The van der Waals surface area contributed by atoms with E-state index in [-0.39, 0.29) is 39.8 Å². The molecule has 1 aliphatic carbocycles. The number of anilines is 1. The van der Waals surface area contributed by atoms with Crippen LogP contribution in [0.5, 0.6) is 5.75 Å². The fourth-order valence-corrected chi connectivity index (χ4v) is 7.46. The zero-order valence-electron chi connectivity index (χ0n) is 24.6. The molecule has 1 unspecified atom stereocenters. The number of benzene rings is 3. The lowest BCUT2D eigenvalue weighted by molar-refractivity contribution is -0.140. The Hall–Kier alpha value is -2.98. The van der Waals surface area contributed by atoms with Crippen LogP contribution in [0, 0.1) is 0 Å². The second-order valence-electron chi connectivity index (χ2n) is 10.7. The monoisotopic (exact) mass is 679 g/mol. The summed E-state index contributed by atoms with van der Waals surface area (Å²) < 4.78 is 34.6. The van der Waals surface area contributed by atoms with Crippen molar-refractivity contribution < 1.29 is 22.7 Å². The molecule has 12 heteroatoms. The van der Waals surface area contributed by atoms with Crippen molar-refractivity contribution in [3.8, 4) is 5.75 Å². The summed E-state index contributed by atoms with van der Waals surface area (Å²) in [6.45, 7) is 1.14. The average Bonchev–Trinajstić information content (AvgIpc) is 3.01. The van der Waals surface area contributed by atoms with Crippen molar-refractivity contribution in [1.82, 2.24) is 10.2 Å². The molecule has 0 radical (unpaired) electrons. The second-order valence-corrected chi connectivity index (χ2v) is 13.8. The molecule has 44 heavy (non-hydrogen) atoms. The Morgan fingerprint density at radius 3 is 2.25 bits per heavy atom. The minimum absolute atomic E-state index is 0.0204. The molecule has 4 rings (SSSR count). The maximum atomic E-state index is 14.4. The maximum Gasteiger partial charge on any atom is 0.264 e. The van der Waals surface area contributed by atoms with Gasteiger partial charge in [0.05, 0.1) is 17.7 Å². The number of hydrogen-bond acceptors (Lipinski definition) is 5. The van der Waals surface area contributed by atoms with Gasteiger partial charge in [-0.25, -0.2) is 8.42 Å². The Bertz CT molecular complexity index is 1570. The first-order valence-electron chi connectivity index (χ1n) is 14.5. The van der Waals surface area contributed by atoms with E-state index >= 15 is 0 Å². The second kappa shape index (κ2) is 15.3. The van der Waals surface area contributed by atoms with Gasteiger partial charge in [0.25, 0.3) is 10.0 Å². The van der Waals surface area contributed by atoms with Crippen LogP contribution in [0.3, 0.4) is 0 Å². The number of halogens is 3. The molecule has 0 heterocycles. The highest BCUT2D eigenvalue weighted by molar-refractivity contribution is 7.92. The van der Waals surface area contributed by atoms with Crippen molar-refractivity contribution >= 4 is 62.3 Å². The molecule has 0 saturated heterocycles. The smallest absolute Gasteiger partial charge is 0.264 e. The Labute approximate surface area is 274 Å². The zero-order valence-corrected chi connectivity index (χ0v) is 27.7. The van der Waals surface area contributed by atoms with Crippen LogP contribution in [0.4, 0.5) is 5.69 Å². The summed E-state index contributed by atoms with van der Waals surface area (Å²) in [5, 5.41) is 4.12. The molecular formula is C32H36Cl3N3O5S. The van der Waals surface area contributed by atoms with E-state index in [2.05, 4.69) is 5.32 Å². The summed E-state index contributed by atoms with van der Waals surface area (Å²) >= 11 is 18.9. The van der Waals surface area contributed by atoms with Crippen molar-refractivity contribution in [3.63, 3.8) is 0 Å². The van der Waals surface area contributed by atoms with Gasteiger partial charge in [0.1, 0.15) is 18.3 Å². The molecule has 3 aromatic rings. The first-order valence-corrected chi connectivity index (χ1v) is 17.1. The molecule has 1 fully saturated rings. The van der Waals surface area contributed by atoms with Gasteiger partial charge in [-0.3, -0.25) is 13.9 Å². The van der Waals surface area contributed by atoms with E-state index in [4.69, 9.17) is 39.5 Å². The number of sulfonamides is 1. The van der Waals surface area contributed by atoms with Crippen LogP contribution in [-0.4, -0.2) is 50.9 Å². The minimum atomic E-state index is -4.29. The molecule has 1 aliphatic rings. The lowest BCUT2D eigenvalue weighted by Crippen LogP contribution is -2.54. The summed E-state index contributed by atoms with van der Waals surface area (Å²) in [7, 11) is -2.89. The van der Waals surface area contributed by atoms with Gasteiger partial charge in [-0.05, 0) is 67.3 Å². The third-order valence-electron chi connectivity index (χ3n) is 7.71. The van der Waals surface area contributed by atoms with Crippen LogP contribution in [-0.2, 0) is 26.2 Å². The van der Waals surface area contributed by atoms with E-state index in [0.717, 1.165) is 36.4 Å². The highest BCUT2D eigenvalue weighted by atomic mass is 35.5. The minimum Gasteiger partial charge on any atom is -0.495 e. The molecule has 0 spiro atoms. The van der Waals surface area contributed by atoms with Crippen molar-refractivity contribution in [2.45, 2.75) is 69.0 Å². The summed E-state index contributed by atoms with van der Waals surface area (Å²) in [6, 6.07) is 16.3. The first-order chi connectivity index (χ1) is 21.0. The van der Waals surface area contributed by atoms with Gasteiger partial charge in [-0.1, -0.05) is 85.3 Å². The highest BCUT2D eigenvalue weighted by Crippen LogP contribution is 2.35. The topological polar surface area (TPSA) is 96.0 Å². The van der Waals surface area contributed by atoms with E-state index in [1.54, 1.807) is 42.5 Å². The van der Waals surface area contributed by atoms with E-state index in [1.165, 1.54) is 36.3 Å². The number of carbonyl (C=O) groups is 2. The third kappa shape index (κ3) is 8.18. The number of hydrogen-bond donors (Lipinski definition) is 1. The van der Waals surface area contributed by atoms with E-state index in [1.807, 2.05) is 6.92 Å². The van der Waals surface area contributed by atoms with Crippen molar-refractivity contribution in [1.29, 1.82) is 0 Å². The summed E-state index contributed by atoms with van der Waals surface area (Å²) in [6.07, 6.45) is 5.22. The summed E-state index contributed by atoms with van der Waals surface area (Å²) in [5.74, 6) is -0.699. The SMILES string of the molecule is CCC(C(=O)NC1CCCCC1)N(Cc1ccc(Cl)cc1Cl)C(=O)CN(c1cc(Cl)ccc1OC)S(=O)(=O)c1ccccc1. The van der Waals surface area contributed by atoms with Crippen LogP contribution < -0.4 is 14.4 Å². The summed E-state index contributed by atoms with van der Waals surface area (Å²) in [4.78, 5) is 29.4. The fourth-order valence-electron chi connectivity index (χ4n) is 5.39. The van der Waals surface area contributed by atoms with Crippen molar-refractivity contribution in [3.05, 3.63) is 87.4 Å². The van der Waals surface area contributed by atoms with E-state index < -0.39 is 28.5 Å². The Morgan fingerprint density at radius 1 is 0.955 bits per heavy atom. The molecule has 0 aromatic heterocycles. The third-order valence-corrected chi connectivity index (χ3v) is 10.3. The maximum absolute atomic E-state index is 14.4. The first kappa shape index (κ1) is 33.9. The van der Waals surface area contributed by atoms with Crippen LogP contribution in [0.2, 0.25) is 15.1 Å². The number of methoxy groups -OCH3 is 1. The Kier molecular flexibility index (Phi) is 11.8. The quantitative estimate of drug-likeness (QED) is 0.220. The van der Waals surface area contributed by atoms with Crippen LogP contribution in [0.15, 0.2) is 71.6 Å². The number of nitrogens with one attached hydrogen (secondary N) is 1. The highest BCUT2D eigenvalue weighted by Gasteiger charge is 2.35. The molecule has 3 aromatic carbocycles. The average molecular weight is 681 g/mol. The normalized spacial score (nSPS) is 14.5. The number of carbonyl (C=O) groups excluding carboxylic acids is 2. The van der Waals surface area contributed by atoms with Crippen molar-refractivity contribution in [2.75, 3.05) is 18.0 Å². The molecule has 236 valence electrons. The molecular weight excluding hydrogens is 645 g/mol. The molecule has 0 bridgehead atoms. The lowest BCUT2D eigenvalue weighted by Gasteiger charge is -2.35. The van der Waals surface area contributed by atoms with Gasteiger partial charge < -0.3 is 15.0 Å². The van der Waals surface area contributed by atoms with Crippen LogP contribution in [0.25, 0.3) is 0 Å². The van der Waals surface area contributed by atoms with Crippen LogP contribution >= 0.6 is 34.8 Å². The van der Waals surface area contributed by atoms with Gasteiger partial charge in [0.15, 0.2) is 0 Å². The Morgan fingerprint density at radius 2 is 1.61 bits per heavy atom. The molecule has 1 atom stereocenters. The van der Waals surface area contributed by atoms with E-state index in [9.17, 15) is 18.0 Å². The van der Waals surface area contributed by atoms with Crippen molar-refractivity contribution in [2.24, 2.45) is 0 Å². The van der Waals surface area contributed by atoms with Gasteiger partial charge in [0, 0.05) is 27.7 Å². The number of nitrogens with zero attached hydrogens (tertiary/aromatic N) is 2. The van der Waals surface area contributed by atoms with Crippen LogP contribution in [0.1, 0.15) is 51.0 Å². The number of ether oxygens (including phenoxy) is 1. The van der Waals surface area contributed by atoms with Gasteiger partial charge >= 0.3 is 0 Å². The number of rotatable bonds is 12. The molecule has 2 amide bonds. The molecule has 1 N–H and O–H groups in total. The molecule has 8 nitrogen and oxygen atoms in total. The standard InChI is InChI=1S/C32H36Cl3N3O5S/c1-3-28(32(40)36-25-10-6-4-7-11-25)37(20-22-14-15-23(33)18-27(22)35)31(39)21-38(29-19-24(34)16-17-30(29)43-2)44(41,42)26-12-8-5-9-13-26/h5,8-9,12-19,25,28H,3-4,6-7,10-11,20-21H2,1-2H3,(H,36,40). The predicted molar refractivity (Wildman–Crippen MR) is 175 cm³/mol. The Balaban J connectivity index is 1.77. The van der Waals surface area contributed by atoms with Gasteiger partial charge in [-0.2, -0.15) is 0 Å². The molecule has 0 aliphatic heterocycles. The zero-order chi connectivity index (χ0) is 31.9. The van der Waals surface area contributed by atoms with Gasteiger partial charge in [-0.15, -0.1) is 0 Å². The largest absolute Gasteiger partial charge is 0.495 e. The summed E-state index contributed by atoms with van der Waals surface area (Å²) in [5.41, 5.74) is 0.646. The van der Waals surface area contributed by atoms with Gasteiger partial charge in [0.2, 0.25) is 11.8 Å². The lowest BCUT2D eigenvalue weighted by atomic mass is 9.95.